The third kappa shape index (κ3) is 4.41. The van der Waals surface area contributed by atoms with Crippen LogP contribution in [0, 0.1) is 0 Å². The summed E-state index contributed by atoms with van der Waals surface area (Å²) in [6.45, 7) is 0. The van der Waals surface area contributed by atoms with Crippen molar-refractivity contribution in [2.75, 3.05) is 0 Å². The van der Waals surface area contributed by atoms with Crippen LogP contribution in [0.3, 0.4) is 0 Å². The van der Waals surface area contributed by atoms with E-state index in [1.807, 2.05) is 0 Å². The van der Waals surface area contributed by atoms with Crippen LogP contribution in [0.4, 0.5) is 0 Å². The van der Waals surface area contributed by atoms with Gasteiger partial charge in [-0.1, -0.05) is 170 Å². The summed E-state index contributed by atoms with van der Waals surface area (Å²) in [7, 11) is 0. The van der Waals surface area contributed by atoms with E-state index >= 15 is 0 Å². The number of fused-ring (bicyclic) bond motifs is 13. The average molecular weight is 713 g/mol. The van der Waals surface area contributed by atoms with Crippen LogP contribution in [0.5, 0.6) is 0 Å². The Balaban J connectivity index is 1.28. The second-order valence-electron chi connectivity index (χ2n) is 14.5. The third-order valence-electron chi connectivity index (χ3n) is 11.5. The zero-order valence-corrected chi connectivity index (χ0v) is 30.3. The van der Waals surface area contributed by atoms with E-state index in [4.69, 9.17) is 9.97 Å². The van der Waals surface area contributed by atoms with E-state index in [1.54, 1.807) is 0 Å². The monoisotopic (exact) mass is 712 g/mol. The minimum Gasteiger partial charge on any atom is -0.307 e. The number of aromatic nitrogens is 4. The first-order valence-electron chi connectivity index (χ1n) is 19.1. The molecule has 0 saturated heterocycles. The van der Waals surface area contributed by atoms with Gasteiger partial charge in [-0.25, -0.2) is 9.97 Å². The molecule has 4 nitrogen and oxygen atoms in total. The molecule has 12 rings (SSSR count). The van der Waals surface area contributed by atoms with Crippen molar-refractivity contribution in [2.24, 2.45) is 0 Å². The molecule has 0 aliphatic rings. The zero-order chi connectivity index (χ0) is 36.7. The van der Waals surface area contributed by atoms with E-state index in [9.17, 15) is 0 Å². The second kappa shape index (κ2) is 12.0. The molecule has 260 valence electrons. The molecule has 3 aromatic heterocycles. The molecule has 0 fully saturated rings. The first kappa shape index (κ1) is 30.9. The molecule has 0 aliphatic heterocycles. The fourth-order valence-corrected chi connectivity index (χ4v) is 9.02. The molecular weight excluding hydrogens is 681 g/mol. The fourth-order valence-electron chi connectivity index (χ4n) is 9.02. The average Bonchev–Trinajstić information content (AvgIpc) is 3.80. The number of para-hydroxylation sites is 3. The predicted octanol–water partition coefficient (Wildman–Crippen LogP) is 13.5. The number of nitrogens with zero attached hydrogens (tertiary/aromatic N) is 4. The lowest BCUT2D eigenvalue weighted by Crippen LogP contribution is -2.05. The van der Waals surface area contributed by atoms with Crippen LogP contribution in [-0.2, 0) is 0 Å². The molecular formula is C52H32N4. The predicted molar refractivity (Wildman–Crippen MR) is 234 cm³/mol. The molecule has 0 unspecified atom stereocenters. The Labute approximate surface area is 322 Å². The van der Waals surface area contributed by atoms with Gasteiger partial charge in [0.2, 0.25) is 0 Å². The van der Waals surface area contributed by atoms with Crippen LogP contribution in [0.1, 0.15) is 0 Å². The van der Waals surface area contributed by atoms with Crippen LogP contribution in [-0.4, -0.2) is 19.1 Å². The molecule has 0 aliphatic carbocycles. The minimum absolute atomic E-state index is 0.800. The highest BCUT2D eigenvalue weighted by atomic mass is 15.1. The standard InChI is InChI=1S/C52H32N4/c1-3-15-33(16-4-1)34-27-29-35(30-28-34)47-52(54-49-42-24-10-8-20-38(42)37-19-7-9-23-41(37)48(49)53-47)56-46-26-14-12-22-40(46)44-32-31-43-39-21-11-13-25-45(39)55(50(43)51(44)56)36-17-5-2-6-18-36/h1-32H. The van der Waals surface area contributed by atoms with Gasteiger partial charge in [0, 0.05) is 43.6 Å². The first-order chi connectivity index (χ1) is 27.8. The molecule has 0 spiro atoms. The molecule has 0 amide bonds. The van der Waals surface area contributed by atoms with Gasteiger partial charge in [-0.3, -0.25) is 4.57 Å². The van der Waals surface area contributed by atoms with Crippen LogP contribution in [0.15, 0.2) is 194 Å². The van der Waals surface area contributed by atoms with Gasteiger partial charge in [0.1, 0.15) is 5.69 Å². The van der Waals surface area contributed by atoms with Crippen molar-refractivity contribution in [3.8, 4) is 33.9 Å². The number of benzene rings is 9. The van der Waals surface area contributed by atoms with Gasteiger partial charge in [-0.15, -0.1) is 0 Å². The highest BCUT2D eigenvalue weighted by Crippen LogP contribution is 2.44. The lowest BCUT2D eigenvalue weighted by atomic mass is 9.99. The van der Waals surface area contributed by atoms with Crippen LogP contribution < -0.4 is 0 Å². The van der Waals surface area contributed by atoms with E-state index in [0.29, 0.717) is 0 Å². The summed E-state index contributed by atoms with van der Waals surface area (Å²) in [4.78, 5) is 11.5. The molecule has 56 heavy (non-hydrogen) atoms. The second-order valence-corrected chi connectivity index (χ2v) is 14.5. The minimum atomic E-state index is 0.800. The third-order valence-corrected chi connectivity index (χ3v) is 11.5. The molecule has 0 saturated carbocycles. The van der Waals surface area contributed by atoms with E-state index < -0.39 is 0 Å². The molecule has 3 heterocycles. The summed E-state index contributed by atoms with van der Waals surface area (Å²) in [6.07, 6.45) is 0. The summed E-state index contributed by atoms with van der Waals surface area (Å²) in [5, 5.41) is 9.28. The van der Waals surface area contributed by atoms with Gasteiger partial charge in [0.15, 0.2) is 5.82 Å². The smallest absolute Gasteiger partial charge is 0.165 e. The highest BCUT2D eigenvalue weighted by molar-refractivity contribution is 6.25. The topological polar surface area (TPSA) is 35.6 Å². The molecule has 12 aromatic rings. The van der Waals surface area contributed by atoms with Gasteiger partial charge in [0.25, 0.3) is 0 Å². The fraction of sp³-hybridized carbons (Fsp3) is 0. The van der Waals surface area contributed by atoms with Crippen molar-refractivity contribution in [3.63, 3.8) is 0 Å². The van der Waals surface area contributed by atoms with Crippen molar-refractivity contribution in [3.05, 3.63) is 194 Å². The largest absolute Gasteiger partial charge is 0.307 e. The summed E-state index contributed by atoms with van der Waals surface area (Å²) in [6, 6.07) is 69.4. The van der Waals surface area contributed by atoms with Crippen molar-refractivity contribution in [1.29, 1.82) is 0 Å². The molecule has 4 heteroatoms. The van der Waals surface area contributed by atoms with Crippen molar-refractivity contribution in [1.82, 2.24) is 19.1 Å². The molecule has 0 radical (unpaired) electrons. The Morgan fingerprint density at radius 3 is 1.32 bits per heavy atom. The lowest BCUT2D eigenvalue weighted by molar-refractivity contribution is 1.08. The summed E-state index contributed by atoms with van der Waals surface area (Å²) >= 11 is 0. The van der Waals surface area contributed by atoms with E-state index in [1.165, 1.54) is 37.9 Å². The molecule has 0 N–H and O–H groups in total. The number of rotatable bonds is 4. The Hall–Kier alpha value is -7.56. The SMILES string of the molecule is c1ccc(-c2ccc(-c3nc4c5ccccc5c5ccccc5c4nc3-n3c4ccccc4c4ccc5c6ccccc6n(-c6ccccc6)c5c43)cc2)cc1. The van der Waals surface area contributed by atoms with Crippen molar-refractivity contribution in [2.45, 2.75) is 0 Å². The van der Waals surface area contributed by atoms with Gasteiger partial charge >= 0.3 is 0 Å². The maximum absolute atomic E-state index is 5.81. The van der Waals surface area contributed by atoms with Crippen LogP contribution in [0.2, 0.25) is 0 Å². The van der Waals surface area contributed by atoms with Gasteiger partial charge in [-0.2, -0.15) is 0 Å². The Morgan fingerprint density at radius 1 is 0.286 bits per heavy atom. The molecule has 9 aromatic carbocycles. The van der Waals surface area contributed by atoms with Crippen LogP contribution >= 0.6 is 0 Å². The molecule has 0 atom stereocenters. The lowest BCUT2D eigenvalue weighted by Gasteiger charge is -2.17. The van der Waals surface area contributed by atoms with Crippen LogP contribution in [0.25, 0.3) is 110 Å². The van der Waals surface area contributed by atoms with E-state index in [0.717, 1.165) is 72.2 Å². The Bertz CT molecular complexity index is 3510. The Kier molecular flexibility index (Phi) is 6.60. The summed E-state index contributed by atoms with van der Waals surface area (Å²) in [5.74, 6) is 0.800. The van der Waals surface area contributed by atoms with Gasteiger partial charge < -0.3 is 4.57 Å². The zero-order valence-electron chi connectivity index (χ0n) is 30.3. The van der Waals surface area contributed by atoms with E-state index in [2.05, 4.69) is 203 Å². The maximum atomic E-state index is 5.81. The van der Waals surface area contributed by atoms with Crippen molar-refractivity contribution >= 4 is 76.2 Å². The highest BCUT2D eigenvalue weighted by Gasteiger charge is 2.25. The Morgan fingerprint density at radius 2 is 0.714 bits per heavy atom. The quantitative estimate of drug-likeness (QED) is 0.170. The first-order valence-corrected chi connectivity index (χ1v) is 19.1. The van der Waals surface area contributed by atoms with Gasteiger partial charge in [-0.05, 0) is 46.2 Å². The normalized spacial score (nSPS) is 11.9. The summed E-state index contributed by atoms with van der Waals surface area (Å²) < 4.78 is 4.82. The molecule has 0 bridgehead atoms. The number of hydrogen-bond acceptors (Lipinski definition) is 2. The van der Waals surface area contributed by atoms with E-state index in [-0.39, 0.29) is 0 Å². The maximum Gasteiger partial charge on any atom is 0.165 e. The van der Waals surface area contributed by atoms with Gasteiger partial charge in [0.05, 0.1) is 33.1 Å². The van der Waals surface area contributed by atoms with Crippen molar-refractivity contribution < 1.29 is 0 Å². The number of hydrogen-bond donors (Lipinski definition) is 0. The summed E-state index contributed by atoms with van der Waals surface area (Å²) in [5.41, 5.74) is 11.6.